The normalized spacial score (nSPS) is 12.6. The number of amides is 1. The molecule has 0 aliphatic heterocycles. The summed E-state index contributed by atoms with van der Waals surface area (Å²) in [5, 5.41) is 11.3. The predicted octanol–water partition coefficient (Wildman–Crippen LogP) is 6.28. The number of carbonyl (C=O) groups is 2. The molecule has 4 aromatic rings. The first-order valence-electron chi connectivity index (χ1n) is 12.2. The quantitative estimate of drug-likeness (QED) is 0.211. The second kappa shape index (κ2) is 12.3. The summed E-state index contributed by atoms with van der Waals surface area (Å²) in [5.74, 6) is -3.30. The highest BCUT2D eigenvalue weighted by Gasteiger charge is 2.35. The first-order valence-corrected chi connectivity index (χ1v) is 13.7. The van der Waals surface area contributed by atoms with Crippen LogP contribution in [0.4, 0.5) is 0 Å². The number of hydrogen-bond acceptors (Lipinski definition) is 4. The first kappa shape index (κ1) is 27.5. The van der Waals surface area contributed by atoms with Crippen LogP contribution in [0.2, 0.25) is 5.02 Å². The molecule has 0 saturated heterocycles. The van der Waals surface area contributed by atoms with Gasteiger partial charge in [0.25, 0.3) is 0 Å². The number of halogens is 2. The number of rotatable bonds is 10. The van der Waals surface area contributed by atoms with Gasteiger partial charge < -0.3 is 10.8 Å². The van der Waals surface area contributed by atoms with Crippen molar-refractivity contribution in [1.82, 2.24) is 9.97 Å². The van der Waals surface area contributed by atoms with E-state index in [9.17, 15) is 14.7 Å². The molecule has 4 rings (SSSR count). The third-order valence-corrected chi connectivity index (χ3v) is 7.28. The first-order chi connectivity index (χ1) is 18.3. The average molecular weight is 593 g/mol. The van der Waals surface area contributed by atoms with Crippen LogP contribution in [0.25, 0.3) is 11.4 Å². The van der Waals surface area contributed by atoms with Gasteiger partial charge in [-0.3, -0.25) is 9.59 Å². The summed E-state index contributed by atoms with van der Waals surface area (Å²) >= 11 is 9.56. The van der Waals surface area contributed by atoms with E-state index in [0.717, 1.165) is 34.5 Å². The Morgan fingerprint density at radius 2 is 1.50 bits per heavy atom. The van der Waals surface area contributed by atoms with E-state index in [1.54, 1.807) is 24.3 Å². The van der Waals surface area contributed by atoms with Crippen molar-refractivity contribution in [2.75, 3.05) is 0 Å². The highest BCUT2D eigenvalue weighted by molar-refractivity contribution is 9.08. The summed E-state index contributed by atoms with van der Waals surface area (Å²) in [7, 11) is 0. The van der Waals surface area contributed by atoms with Crippen molar-refractivity contribution in [3.63, 3.8) is 0 Å². The van der Waals surface area contributed by atoms with E-state index in [1.165, 1.54) is 0 Å². The molecule has 0 aliphatic rings. The minimum Gasteiger partial charge on any atom is -0.481 e. The Bertz CT molecular complexity index is 1440. The lowest BCUT2D eigenvalue weighted by Crippen LogP contribution is -2.31. The van der Waals surface area contributed by atoms with E-state index in [1.807, 2.05) is 61.5 Å². The van der Waals surface area contributed by atoms with Gasteiger partial charge in [0.1, 0.15) is 0 Å². The minimum absolute atomic E-state index is 0.525. The van der Waals surface area contributed by atoms with Crippen molar-refractivity contribution >= 4 is 39.4 Å². The molecule has 0 radical (unpaired) electrons. The lowest BCUT2D eigenvalue weighted by Gasteiger charge is -2.22. The lowest BCUT2D eigenvalue weighted by atomic mass is 9.80. The molecular formula is C30H27BrClN3O3. The molecule has 2 atom stereocenters. The van der Waals surface area contributed by atoms with Crippen LogP contribution in [-0.2, 0) is 27.8 Å². The number of carboxylic acids is 1. The van der Waals surface area contributed by atoms with E-state index in [-0.39, 0.29) is 0 Å². The van der Waals surface area contributed by atoms with Crippen LogP contribution in [0.15, 0.2) is 78.9 Å². The van der Waals surface area contributed by atoms with Gasteiger partial charge in [0, 0.05) is 33.7 Å². The fourth-order valence-corrected chi connectivity index (χ4v) is 5.01. The number of carboxylic acid groups (broad SMARTS) is 1. The van der Waals surface area contributed by atoms with Gasteiger partial charge in [-0.25, -0.2) is 9.97 Å². The fourth-order valence-electron chi connectivity index (χ4n) is 4.45. The lowest BCUT2D eigenvalue weighted by molar-refractivity contribution is -0.141. The van der Waals surface area contributed by atoms with Crippen LogP contribution in [0.3, 0.4) is 0 Å². The Kier molecular flexibility index (Phi) is 8.92. The Balaban J connectivity index is 1.62. The highest BCUT2D eigenvalue weighted by atomic mass is 79.9. The van der Waals surface area contributed by atoms with Gasteiger partial charge in [-0.2, -0.15) is 0 Å². The van der Waals surface area contributed by atoms with Gasteiger partial charge in [0.2, 0.25) is 5.91 Å². The minimum atomic E-state index is -1.11. The average Bonchev–Trinajstić information content (AvgIpc) is 2.92. The maximum absolute atomic E-state index is 12.5. The zero-order valence-electron chi connectivity index (χ0n) is 20.8. The summed E-state index contributed by atoms with van der Waals surface area (Å²) in [6.45, 7) is 2.04. The third kappa shape index (κ3) is 6.47. The molecule has 3 aromatic carbocycles. The molecule has 1 heterocycles. The molecule has 0 aliphatic carbocycles. The van der Waals surface area contributed by atoms with Crippen LogP contribution in [-0.4, -0.2) is 27.0 Å². The number of aryl methyl sites for hydroxylation is 1. The van der Waals surface area contributed by atoms with Crippen molar-refractivity contribution in [2.24, 2.45) is 5.73 Å². The highest BCUT2D eigenvalue weighted by Crippen LogP contribution is 2.34. The molecule has 38 heavy (non-hydrogen) atoms. The molecule has 0 saturated carbocycles. The Morgan fingerprint density at radius 1 is 0.895 bits per heavy atom. The van der Waals surface area contributed by atoms with Crippen molar-refractivity contribution in [3.8, 4) is 11.4 Å². The second-order valence-electron chi connectivity index (χ2n) is 9.03. The van der Waals surface area contributed by atoms with Gasteiger partial charge in [0.05, 0.1) is 11.8 Å². The number of carbonyl (C=O) groups excluding carboxylic acids is 1. The van der Waals surface area contributed by atoms with Crippen LogP contribution in [0, 0.1) is 0 Å². The maximum atomic E-state index is 12.5. The third-order valence-electron chi connectivity index (χ3n) is 6.40. The molecule has 0 fully saturated rings. The van der Waals surface area contributed by atoms with Gasteiger partial charge in [0.15, 0.2) is 5.82 Å². The predicted molar refractivity (Wildman–Crippen MR) is 152 cm³/mol. The number of nitrogens with zero attached hydrogens (tertiary/aromatic N) is 2. The molecular weight excluding hydrogens is 566 g/mol. The van der Waals surface area contributed by atoms with E-state index >= 15 is 0 Å². The van der Waals surface area contributed by atoms with Crippen LogP contribution < -0.4 is 5.73 Å². The largest absolute Gasteiger partial charge is 0.481 e. The molecule has 3 N–H and O–H groups in total. The van der Waals surface area contributed by atoms with Crippen molar-refractivity contribution in [3.05, 3.63) is 118 Å². The van der Waals surface area contributed by atoms with Crippen molar-refractivity contribution in [2.45, 2.75) is 36.9 Å². The monoisotopic (exact) mass is 591 g/mol. The number of hydrogen-bond donors (Lipinski definition) is 2. The summed E-state index contributed by atoms with van der Waals surface area (Å²) < 4.78 is 0. The Morgan fingerprint density at radius 3 is 2.05 bits per heavy atom. The van der Waals surface area contributed by atoms with Crippen LogP contribution in [0.1, 0.15) is 52.4 Å². The maximum Gasteiger partial charge on any atom is 0.312 e. The topological polar surface area (TPSA) is 106 Å². The number of benzene rings is 3. The van der Waals surface area contributed by atoms with Gasteiger partial charge in [-0.15, -0.1) is 0 Å². The summed E-state index contributed by atoms with van der Waals surface area (Å²) in [4.78, 5) is 34.2. The summed E-state index contributed by atoms with van der Waals surface area (Å²) in [6.07, 6.45) is 1.30. The molecule has 1 amide bonds. The molecule has 0 bridgehead atoms. The van der Waals surface area contributed by atoms with Crippen molar-refractivity contribution < 1.29 is 14.7 Å². The van der Waals surface area contributed by atoms with Gasteiger partial charge in [-0.1, -0.05) is 95.1 Å². The summed E-state index contributed by atoms with van der Waals surface area (Å²) in [5.41, 5.74) is 11.4. The zero-order chi connectivity index (χ0) is 27.2. The number of alkyl halides is 1. The number of aromatic nitrogens is 2. The van der Waals surface area contributed by atoms with Gasteiger partial charge in [-0.05, 0) is 46.9 Å². The zero-order valence-corrected chi connectivity index (χ0v) is 23.1. The summed E-state index contributed by atoms with van der Waals surface area (Å²) in [6, 6.07) is 23.9. The molecule has 6 nitrogen and oxygen atoms in total. The van der Waals surface area contributed by atoms with E-state index in [0.29, 0.717) is 33.7 Å². The number of aliphatic carboxylic acids is 1. The molecule has 8 heteroatoms. The molecule has 2 unspecified atom stereocenters. The Labute approximate surface area is 235 Å². The van der Waals surface area contributed by atoms with Gasteiger partial charge >= 0.3 is 5.97 Å². The van der Waals surface area contributed by atoms with Crippen molar-refractivity contribution in [1.29, 1.82) is 0 Å². The second-order valence-corrected chi connectivity index (χ2v) is 10.0. The molecule has 0 spiro atoms. The van der Waals surface area contributed by atoms with Crippen LogP contribution in [0.5, 0.6) is 0 Å². The number of primary amides is 1. The fraction of sp³-hybridized carbons (Fsp3) is 0.200. The molecule has 194 valence electrons. The molecule has 1 aromatic heterocycles. The SMILES string of the molecule is CCc1cc(Cc2ccc(C(C(N)=O)C(C(=O)O)c3ccc(CBr)cc3)cc2)nc(-c2cccc(Cl)c2)n1. The smallest absolute Gasteiger partial charge is 0.312 e. The van der Waals surface area contributed by atoms with E-state index in [2.05, 4.69) is 20.9 Å². The number of nitrogens with two attached hydrogens (primary N) is 1. The van der Waals surface area contributed by atoms with Crippen LogP contribution >= 0.6 is 27.5 Å². The van der Waals surface area contributed by atoms with E-state index < -0.39 is 23.7 Å². The standard InChI is InChI=1S/C30H27BrClN3O3/c1-2-24-16-25(35-29(34-24)22-4-3-5-23(32)15-22)14-18-6-10-20(11-7-18)26(28(33)36)27(30(37)38)21-12-8-19(17-31)9-13-21/h3-13,15-16,26-27H,2,14,17H2,1H3,(H2,33,36)(H,37,38). The Hall–Kier alpha value is -3.55. The van der Waals surface area contributed by atoms with E-state index in [4.69, 9.17) is 22.3 Å².